The highest BCUT2D eigenvalue weighted by Gasteiger charge is 2.69. The molecule has 5 aliphatic carbocycles. The van der Waals surface area contributed by atoms with Gasteiger partial charge in [-0.15, -0.1) is 0 Å². The Kier molecular flexibility index (Phi) is 7.43. The lowest BCUT2D eigenvalue weighted by molar-refractivity contribution is -0.169. The summed E-state index contributed by atoms with van der Waals surface area (Å²) in [6.45, 7) is 17.2. The van der Waals surface area contributed by atoms with Gasteiger partial charge in [0, 0.05) is 24.2 Å². The molecule has 1 heterocycles. The average molecular weight is 638 g/mol. The molecule has 8 atom stereocenters. The molecular weight excluding hydrogens is 582 g/mol. The molecule has 0 spiro atoms. The van der Waals surface area contributed by atoms with E-state index in [9.17, 15) is 14.7 Å². The molecular formula is C41H55N3O3. The Bertz CT molecular complexity index is 1610. The third-order valence-electron chi connectivity index (χ3n) is 15.0. The monoisotopic (exact) mass is 637 g/mol. The molecule has 3 saturated carbocycles. The van der Waals surface area contributed by atoms with Gasteiger partial charge in [0.05, 0.1) is 16.8 Å². The van der Waals surface area contributed by atoms with E-state index in [0.29, 0.717) is 11.8 Å². The third kappa shape index (κ3) is 4.70. The Labute approximate surface area is 281 Å². The lowest BCUT2D eigenvalue weighted by Crippen LogP contribution is -2.65. The second-order valence-corrected chi connectivity index (χ2v) is 18.2. The zero-order valence-electron chi connectivity index (χ0n) is 29.7. The molecule has 3 fully saturated rings. The Morgan fingerprint density at radius 3 is 2.34 bits per heavy atom. The van der Waals surface area contributed by atoms with Gasteiger partial charge in [-0.2, -0.15) is 0 Å². The lowest BCUT2D eigenvalue weighted by Gasteiger charge is -2.70. The molecule has 0 saturated heterocycles. The predicted octanol–water partition coefficient (Wildman–Crippen LogP) is 8.10. The van der Waals surface area contributed by atoms with E-state index in [0.717, 1.165) is 50.5 Å². The van der Waals surface area contributed by atoms with Crippen molar-refractivity contribution in [2.75, 3.05) is 0 Å². The lowest BCUT2D eigenvalue weighted by atomic mass is 9.33. The van der Waals surface area contributed by atoms with Crippen LogP contribution >= 0.6 is 0 Å². The summed E-state index contributed by atoms with van der Waals surface area (Å²) in [5.41, 5.74) is 4.49. The van der Waals surface area contributed by atoms with E-state index >= 15 is 0 Å². The molecule has 0 aliphatic heterocycles. The van der Waals surface area contributed by atoms with E-state index in [1.54, 1.807) is 0 Å². The van der Waals surface area contributed by atoms with Crippen LogP contribution in [0.4, 0.5) is 0 Å². The highest BCUT2D eigenvalue weighted by atomic mass is 16.4. The number of nitrogens with one attached hydrogen (secondary N) is 1. The maximum absolute atomic E-state index is 14.6. The molecule has 47 heavy (non-hydrogen) atoms. The summed E-state index contributed by atoms with van der Waals surface area (Å²) < 4.78 is 0. The molecule has 6 heteroatoms. The number of aromatic nitrogens is 2. The third-order valence-corrected chi connectivity index (χ3v) is 15.0. The Hall–Kier alpha value is -3.02. The number of allylic oxidation sites excluding steroid dienone is 2. The fraction of sp³-hybridized carbons (Fsp3) is 0.659. The fourth-order valence-corrected chi connectivity index (χ4v) is 12.4. The summed E-state index contributed by atoms with van der Waals surface area (Å²) in [7, 11) is 0. The van der Waals surface area contributed by atoms with Crippen LogP contribution < -0.4 is 5.32 Å². The van der Waals surface area contributed by atoms with E-state index in [4.69, 9.17) is 9.97 Å². The van der Waals surface area contributed by atoms with Crippen molar-refractivity contribution in [1.29, 1.82) is 0 Å². The van der Waals surface area contributed by atoms with Crippen molar-refractivity contribution < 1.29 is 14.7 Å². The highest BCUT2D eigenvalue weighted by Crippen LogP contribution is 2.75. The summed E-state index contributed by atoms with van der Waals surface area (Å²) >= 11 is 0. The summed E-state index contributed by atoms with van der Waals surface area (Å²) in [6, 6.07) is 8.72. The fourth-order valence-electron chi connectivity index (χ4n) is 12.4. The summed E-state index contributed by atoms with van der Waals surface area (Å²) in [5, 5.41) is 13.3. The topological polar surface area (TPSA) is 92.2 Å². The van der Waals surface area contributed by atoms with Crippen molar-refractivity contribution in [3.63, 3.8) is 0 Å². The second-order valence-electron chi connectivity index (χ2n) is 18.2. The molecule has 0 bridgehead atoms. The first-order valence-electron chi connectivity index (χ1n) is 18.2. The molecule has 0 radical (unpaired) electrons. The molecule has 1 aromatic carbocycles. The number of benzene rings is 1. The zero-order chi connectivity index (χ0) is 33.6. The van der Waals surface area contributed by atoms with Crippen molar-refractivity contribution in [1.82, 2.24) is 15.3 Å². The minimum Gasteiger partial charge on any atom is -0.480 e. The van der Waals surface area contributed by atoms with Gasteiger partial charge in [-0.25, -0.2) is 4.79 Å². The summed E-state index contributed by atoms with van der Waals surface area (Å²) in [6.07, 6.45) is 15.5. The van der Waals surface area contributed by atoms with Crippen LogP contribution in [0.1, 0.15) is 117 Å². The minimum absolute atomic E-state index is 0.0191. The maximum atomic E-state index is 14.6. The van der Waals surface area contributed by atoms with Gasteiger partial charge in [0.15, 0.2) is 0 Å². The number of carboxylic acids is 1. The van der Waals surface area contributed by atoms with Crippen LogP contribution in [0.2, 0.25) is 0 Å². The SMILES string of the molecule is CC1(C)CC[C@]2(C(=O)N[C@@H](Cc3ccccc3)C(=O)O)CC[C@]3(C)C(=CC[C@@H]4[C@@]5(C)Cc6nccnc6C(C)(C)[C@@H]5CC[C@]43C)[C@@H]2C1. The molecule has 1 aromatic heterocycles. The van der Waals surface area contributed by atoms with Crippen molar-refractivity contribution in [2.45, 2.75) is 124 Å². The number of hydrogen-bond acceptors (Lipinski definition) is 4. The van der Waals surface area contributed by atoms with Crippen LogP contribution in [-0.2, 0) is 27.8 Å². The number of carboxylic acid groups (broad SMARTS) is 1. The van der Waals surface area contributed by atoms with Crippen molar-refractivity contribution in [3.05, 3.63) is 71.3 Å². The molecule has 5 aliphatic rings. The number of rotatable bonds is 5. The smallest absolute Gasteiger partial charge is 0.326 e. The van der Waals surface area contributed by atoms with Gasteiger partial charge < -0.3 is 10.4 Å². The molecule has 2 aromatic rings. The summed E-state index contributed by atoms with van der Waals surface area (Å²) in [4.78, 5) is 36.9. The molecule has 6 nitrogen and oxygen atoms in total. The number of aliphatic carboxylic acids is 1. The van der Waals surface area contributed by atoms with Gasteiger partial charge in [-0.3, -0.25) is 14.8 Å². The van der Waals surface area contributed by atoms with E-state index in [1.165, 1.54) is 29.8 Å². The number of amides is 1. The molecule has 2 N–H and O–H groups in total. The van der Waals surface area contributed by atoms with Gasteiger partial charge in [-0.1, -0.05) is 90.4 Å². The zero-order valence-corrected chi connectivity index (χ0v) is 29.7. The van der Waals surface area contributed by atoms with E-state index in [1.807, 2.05) is 42.7 Å². The van der Waals surface area contributed by atoms with Gasteiger partial charge in [0.25, 0.3) is 0 Å². The number of nitrogens with zero attached hydrogens (tertiary/aromatic N) is 2. The van der Waals surface area contributed by atoms with Crippen LogP contribution in [0.25, 0.3) is 0 Å². The van der Waals surface area contributed by atoms with Crippen molar-refractivity contribution in [2.24, 2.45) is 44.8 Å². The number of fused-ring (bicyclic) bond motifs is 8. The van der Waals surface area contributed by atoms with E-state index in [-0.39, 0.29) is 45.3 Å². The highest BCUT2D eigenvalue weighted by molar-refractivity contribution is 5.88. The largest absolute Gasteiger partial charge is 0.480 e. The van der Waals surface area contributed by atoms with Gasteiger partial charge in [-0.05, 0) is 103 Å². The number of hydrogen-bond donors (Lipinski definition) is 2. The Balaban J connectivity index is 1.25. The normalized spacial score (nSPS) is 38.6. The molecule has 252 valence electrons. The standard InChI is InChI=1S/C41H55N3O3/c1-36(2)17-19-41(35(47)44-29(34(45)46)23-26-11-9-8-10-12-26)20-18-39(6)27(28(41)24-36)13-14-32-38(5)25-30-33(43-22-21-42-30)37(3,4)31(38)15-16-40(32,39)7/h8-13,21-22,28-29,31-32H,14-20,23-25H2,1-7H3,(H,44,47)(H,45,46)/t28-,29-,31-,32+,38-,39+,40+,41-/m0/s1. The molecule has 0 unspecified atom stereocenters. The van der Waals surface area contributed by atoms with Crippen molar-refractivity contribution in [3.8, 4) is 0 Å². The van der Waals surface area contributed by atoms with Gasteiger partial charge in [0.1, 0.15) is 6.04 Å². The van der Waals surface area contributed by atoms with Crippen LogP contribution in [0.5, 0.6) is 0 Å². The van der Waals surface area contributed by atoms with Gasteiger partial charge in [0.2, 0.25) is 5.91 Å². The first-order valence-corrected chi connectivity index (χ1v) is 18.2. The molecule has 1 amide bonds. The van der Waals surface area contributed by atoms with Crippen molar-refractivity contribution >= 4 is 11.9 Å². The quantitative estimate of drug-likeness (QED) is 0.323. The van der Waals surface area contributed by atoms with Crippen LogP contribution in [0, 0.1) is 44.8 Å². The van der Waals surface area contributed by atoms with Gasteiger partial charge >= 0.3 is 5.97 Å². The first-order chi connectivity index (χ1) is 22.1. The average Bonchev–Trinajstić information content (AvgIpc) is 3.01. The number of carbonyl (C=O) groups is 2. The number of carbonyl (C=O) groups excluding carboxylic acids is 1. The van der Waals surface area contributed by atoms with Crippen LogP contribution in [-0.4, -0.2) is 33.0 Å². The second kappa shape index (κ2) is 10.7. The Morgan fingerprint density at radius 2 is 1.62 bits per heavy atom. The minimum atomic E-state index is -0.967. The predicted molar refractivity (Wildman–Crippen MR) is 184 cm³/mol. The van der Waals surface area contributed by atoms with Crippen LogP contribution in [0.15, 0.2) is 54.4 Å². The maximum Gasteiger partial charge on any atom is 0.326 e. The Morgan fingerprint density at radius 1 is 0.915 bits per heavy atom. The summed E-state index contributed by atoms with van der Waals surface area (Å²) in [5.74, 6) is 0.156. The van der Waals surface area contributed by atoms with Crippen LogP contribution in [0.3, 0.4) is 0 Å². The van der Waals surface area contributed by atoms with E-state index < -0.39 is 17.4 Å². The first kappa shape index (κ1) is 32.5. The van der Waals surface area contributed by atoms with E-state index in [2.05, 4.69) is 59.9 Å². The molecule has 7 rings (SSSR count).